The molecule has 0 saturated carbocycles. The maximum atomic E-state index is 14.6. The second kappa shape index (κ2) is 15.1. The standard InChI is InChI=1S/C40H35BrN8O5/c41-29-13-16-34(43-21-29)35-19-31(54-45-35)23-47-25-38(51)48-36(18-26-11-14-30(50)15-12-26)39(52)46(22-28-8-4-10-33-32(28)9-5-17-42-33)24-37(48)49(47)40(53)44-20-27-6-2-1-3-7-27/h1-17,19,21,36-37,50H,18,20,22-25H2,(H,44,53)/t36-,37?/m0/s1. The fourth-order valence-corrected chi connectivity index (χ4v) is 7.34. The lowest BCUT2D eigenvalue weighted by Crippen LogP contribution is -2.76. The van der Waals surface area contributed by atoms with Crippen LogP contribution in [0.2, 0.25) is 0 Å². The Kier molecular flexibility index (Phi) is 9.76. The number of amides is 4. The molecule has 0 spiro atoms. The van der Waals surface area contributed by atoms with Gasteiger partial charge in [-0.25, -0.2) is 9.80 Å². The lowest BCUT2D eigenvalue weighted by molar-refractivity contribution is -0.193. The summed E-state index contributed by atoms with van der Waals surface area (Å²) in [4.78, 5) is 55.5. The Morgan fingerprint density at radius 2 is 1.72 bits per heavy atom. The number of phenols is 1. The number of phenolic OH excluding ortho intramolecular Hbond substituents is 1. The molecular weight excluding hydrogens is 752 g/mol. The number of pyridine rings is 2. The van der Waals surface area contributed by atoms with Gasteiger partial charge in [-0.3, -0.25) is 19.6 Å². The molecule has 4 amide bonds. The molecule has 5 heterocycles. The van der Waals surface area contributed by atoms with E-state index in [1.165, 1.54) is 0 Å². The van der Waals surface area contributed by atoms with Crippen molar-refractivity contribution in [3.05, 3.63) is 142 Å². The normalized spacial score (nSPS) is 17.5. The van der Waals surface area contributed by atoms with E-state index >= 15 is 0 Å². The zero-order valence-electron chi connectivity index (χ0n) is 29.0. The van der Waals surface area contributed by atoms with Crippen LogP contribution in [0.1, 0.15) is 22.5 Å². The summed E-state index contributed by atoms with van der Waals surface area (Å²) in [7, 11) is 0. The van der Waals surface area contributed by atoms with Crippen LogP contribution in [0.25, 0.3) is 22.3 Å². The highest BCUT2D eigenvalue weighted by atomic mass is 79.9. The van der Waals surface area contributed by atoms with Gasteiger partial charge in [0.05, 0.1) is 30.8 Å². The van der Waals surface area contributed by atoms with Gasteiger partial charge in [0.15, 0.2) is 5.76 Å². The van der Waals surface area contributed by atoms with E-state index in [4.69, 9.17) is 4.52 Å². The number of urea groups is 1. The Labute approximate surface area is 318 Å². The van der Waals surface area contributed by atoms with Gasteiger partial charge in [-0.1, -0.05) is 65.8 Å². The van der Waals surface area contributed by atoms with E-state index in [1.54, 1.807) is 62.5 Å². The number of hydrazine groups is 1. The van der Waals surface area contributed by atoms with Crippen molar-refractivity contribution >= 4 is 44.7 Å². The minimum absolute atomic E-state index is 0.0456. The largest absolute Gasteiger partial charge is 0.508 e. The van der Waals surface area contributed by atoms with Crippen LogP contribution in [0.15, 0.2) is 125 Å². The molecule has 3 aromatic heterocycles. The van der Waals surface area contributed by atoms with Gasteiger partial charge in [0, 0.05) is 47.8 Å². The first-order valence-electron chi connectivity index (χ1n) is 17.4. The minimum Gasteiger partial charge on any atom is -0.508 e. The molecule has 3 aromatic carbocycles. The third kappa shape index (κ3) is 7.25. The topological polar surface area (TPSA) is 148 Å². The van der Waals surface area contributed by atoms with Gasteiger partial charge in [0.25, 0.3) is 0 Å². The molecule has 272 valence electrons. The van der Waals surface area contributed by atoms with E-state index in [0.717, 1.165) is 32.1 Å². The Balaban J connectivity index is 1.16. The quantitative estimate of drug-likeness (QED) is 0.194. The lowest BCUT2D eigenvalue weighted by atomic mass is 9.98. The van der Waals surface area contributed by atoms with Crippen LogP contribution in [0.4, 0.5) is 4.79 Å². The van der Waals surface area contributed by atoms with E-state index < -0.39 is 18.2 Å². The number of halogens is 1. The van der Waals surface area contributed by atoms with Crippen molar-refractivity contribution < 1.29 is 24.0 Å². The molecule has 2 saturated heterocycles. The van der Waals surface area contributed by atoms with Crippen LogP contribution in [-0.2, 0) is 35.6 Å². The molecule has 54 heavy (non-hydrogen) atoms. The van der Waals surface area contributed by atoms with E-state index in [2.05, 4.69) is 36.4 Å². The number of aromatic nitrogens is 3. The summed E-state index contributed by atoms with van der Waals surface area (Å²) >= 11 is 3.40. The molecule has 8 rings (SSSR count). The molecular formula is C40H35BrN8O5. The molecule has 0 bridgehead atoms. The van der Waals surface area contributed by atoms with Crippen molar-refractivity contribution in [3.8, 4) is 17.1 Å². The van der Waals surface area contributed by atoms with Gasteiger partial charge >= 0.3 is 6.03 Å². The summed E-state index contributed by atoms with van der Waals surface area (Å²) in [5, 5.41) is 21.3. The van der Waals surface area contributed by atoms with Crippen LogP contribution in [-0.4, -0.2) is 83.2 Å². The van der Waals surface area contributed by atoms with E-state index in [-0.39, 0.29) is 56.7 Å². The van der Waals surface area contributed by atoms with Gasteiger partial charge in [-0.05, 0) is 69.0 Å². The van der Waals surface area contributed by atoms with Gasteiger partial charge in [-0.15, -0.1) is 0 Å². The van der Waals surface area contributed by atoms with Crippen molar-refractivity contribution in [2.75, 3.05) is 13.1 Å². The number of hydrogen-bond donors (Lipinski definition) is 2. The number of benzene rings is 3. The summed E-state index contributed by atoms with van der Waals surface area (Å²) in [5.74, 6) is -0.0409. The maximum Gasteiger partial charge on any atom is 0.334 e. The number of aromatic hydroxyl groups is 1. The third-order valence-corrected chi connectivity index (χ3v) is 10.1. The van der Waals surface area contributed by atoms with E-state index in [9.17, 15) is 19.5 Å². The molecule has 2 atom stereocenters. The number of rotatable bonds is 9. The molecule has 0 radical (unpaired) electrons. The molecule has 0 aliphatic carbocycles. The third-order valence-electron chi connectivity index (χ3n) is 9.67. The molecule has 2 fully saturated rings. The van der Waals surface area contributed by atoms with Gasteiger partial charge < -0.3 is 24.7 Å². The Hall–Kier alpha value is -6.12. The molecule has 14 heteroatoms. The molecule has 13 nitrogen and oxygen atoms in total. The first-order chi connectivity index (χ1) is 26.3. The summed E-state index contributed by atoms with van der Waals surface area (Å²) in [5.41, 5.74) is 4.46. The highest BCUT2D eigenvalue weighted by Crippen LogP contribution is 2.32. The number of nitrogens with one attached hydrogen (secondary N) is 1. The van der Waals surface area contributed by atoms with Gasteiger partial charge in [-0.2, -0.15) is 5.01 Å². The monoisotopic (exact) mass is 786 g/mol. The SMILES string of the molecule is O=C1[C@H](Cc2ccc(O)cc2)N2C(=O)CN(Cc3cc(-c4ccc(Br)cn4)no3)N(C(=O)NCc3ccccc3)C2CN1Cc1cccc2ncccc12. The zero-order valence-corrected chi connectivity index (χ0v) is 30.5. The number of nitrogens with zero attached hydrogens (tertiary/aromatic N) is 7. The highest BCUT2D eigenvalue weighted by Gasteiger charge is 2.51. The predicted octanol–water partition coefficient (Wildman–Crippen LogP) is 5.50. The number of carbonyl (C=O) groups is 3. The smallest absolute Gasteiger partial charge is 0.334 e. The highest BCUT2D eigenvalue weighted by molar-refractivity contribution is 9.10. The van der Waals surface area contributed by atoms with Gasteiger partial charge in [0.1, 0.15) is 23.7 Å². The molecule has 2 aliphatic rings. The van der Waals surface area contributed by atoms with Crippen LogP contribution in [0.5, 0.6) is 5.75 Å². The fraction of sp³-hybridized carbons (Fsp3) is 0.200. The van der Waals surface area contributed by atoms with E-state index in [1.807, 2.05) is 72.8 Å². The maximum absolute atomic E-state index is 14.6. The summed E-state index contributed by atoms with van der Waals surface area (Å²) in [6.07, 6.45) is 2.70. The number of carbonyl (C=O) groups excluding carboxylic acids is 3. The van der Waals surface area contributed by atoms with Crippen molar-refractivity contribution in [3.63, 3.8) is 0 Å². The number of hydrogen-bond acceptors (Lipinski definition) is 9. The summed E-state index contributed by atoms with van der Waals surface area (Å²) in [6, 6.07) is 29.8. The molecule has 1 unspecified atom stereocenters. The second-order valence-electron chi connectivity index (χ2n) is 13.2. The molecule has 6 aromatic rings. The van der Waals surface area contributed by atoms with Crippen molar-refractivity contribution in [1.82, 2.24) is 40.3 Å². The minimum atomic E-state index is -0.930. The van der Waals surface area contributed by atoms with Crippen LogP contribution in [0.3, 0.4) is 0 Å². The Bertz CT molecular complexity index is 2300. The first-order valence-corrected chi connectivity index (χ1v) is 18.2. The van der Waals surface area contributed by atoms with Crippen LogP contribution >= 0.6 is 15.9 Å². The van der Waals surface area contributed by atoms with Crippen molar-refractivity contribution in [1.29, 1.82) is 0 Å². The number of piperazine rings is 1. The number of fused-ring (bicyclic) bond motifs is 2. The molecule has 2 aliphatic heterocycles. The second-order valence-corrected chi connectivity index (χ2v) is 14.1. The zero-order chi connectivity index (χ0) is 37.2. The summed E-state index contributed by atoms with van der Waals surface area (Å²) in [6.45, 7) is 0.375. The predicted molar refractivity (Wildman–Crippen MR) is 202 cm³/mol. The average Bonchev–Trinajstić information content (AvgIpc) is 3.65. The van der Waals surface area contributed by atoms with Gasteiger partial charge in [0.2, 0.25) is 11.8 Å². The Morgan fingerprint density at radius 1 is 0.889 bits per heavy atom. The van der Waals surface area contributed by atoms with Crippen LogP contribution < -0.4 is 5.32 Å². The first kappa shape index (κ1) is 34.9. The van der Waals surface area contributed by atoms with Crippen LogP contribution in [0, 0.1) is 0 Å². The average molecular weight is 788 g/mol. The van der Waals surface area contributed by atoms with Crippen molar-refractivity contribution in [2.45, 2.75) is 38.3 Å². The van der Waals surface area contributed by atoms with E-state index in [0.29, 0.717) is 17.1 Å². The summed E-state index contributed by atoms with van der Waals surface area (Å²) < 4.78 is 6.55. The molecule has 2 N–H and O–H groups in total. The Morgan fingerprint density at radius 3 is 2.52 bits per heavy atom. The van der Waals surface area contributed by atoms with Crippen molar-refractivity contribution in [2.24, 2.45) is 0 Å². The fourth-order valence-electron chi connectivity index (χ4n) is 7.11. The lowest BCUT2D eigenvalue weighted by Gasteiger charge is -2.55.